The number of para-hydroxylation sites is 1. The average molecular weight is 380 g/mol. The van der Waals surface area contributed by atoms with Crippen LogP contribution in [0.3, 0.4) is 0 Å². The van der Waals surface area contributed by atoms with Crippen LogP contribution >= 0.6 is 15.9 Å². The Kier molecular flexibility index (Phi) is 6.01. The highest BCUT2D eigenvalue weighted by atomic mass is 79.9. The zero-order valence-electron chi connectivity index (χ0n) is 12.7. The largest absolute Gasteiger partial charge is 0.496 e. The normalized spacial score (nSPS) is 11.8. The Morgan fingerprint density at radius 1 is 1.26 bits per heavy atom. The number of nitrogens with two attached hydrogens (primary N) is 1. The zero-order chi connectivity index (χ0) is 16.8. The number of aliphatic carboxylic acids is 1. The molecule has 2 aromatic rings. The van der Waals surface area contributed by atoms with Crippen LogP contribution in [0.15, 0.2) is 46.9 Å². The van der Waals surface area contributed by atoms with E-state index < -0.39 is 12.0 Å². The van der Waals surface area contributed by atoms with Crippen LogP contribution in [0.1, 0.15) is 11.1 Å². The molecule has 2 rings (SSSR count). The first kappa shape index (κ1) is 17.3. The molecule has 1 unspecified atom stereocenters. The van der Waals surface area contributed by atoms with Gasteiger partial charge < -0.3 is 20.3 Å². The summed E-state index contributed by atoms with van der Waals surface area (Å²) in [5.74, 6) is 0.388. The molecule has 2 aromatic carbocycles. The summed E-state index contributed by atoms with van der Waals surface area (Å²) in [7, 11) is 1.58. The van der Waals surface area contributed by atoms with Gasteiger partial charge in [0.25, 0.3) is 0 Å². The highest BCUT2D eigenvalue weighted by Crippen LogP contribution is 2.27. The molecule has 0 aromatic heterocycles. The fourth-order valence-corrected chi connectivity index (χ4v) is 2.53. The molecular weight excluding hydrogens is 362 g/mol. The van der Waals surface area contributed by atoms with Crippen LogP contribution in [0, 0.1) is 0 Å². The van der Waals surface area contributed by atoms with Gasteiger partial charge in [-0.3, -0.25) is 4.79 Å². The van der Waals surface area contributed by atoms with Gasteiger partial charge in [-0.05, 0) is 52.2 Å². The second-order valence-electron chi connectivity index (χ2n) is 5.01. The topological polar surface area (TPSA) is 81.8 Å². The third-order valence-corrected chi connectivity index (χ3v) is 3.99. The van der Waals surface area contributed by atoms with Crippen molar-refractivity contribution < 1.29 is 19.4 Å². The highest BCUT2D eigenvalue weighted by Gasteiger charge is 2.14. The molecule has 6 heteroatoms. The number of carboxylic acid groups (broad SMARTS) is 1. The zero-order valence-corrected chi connectivity index (χ0v) is 14.2. The lowest BCUT2D eigenvalue weighted by molar-refractivity contribution is -0.138. The number of hydrogen-bond donors (Lipinski definition) is 2. The van der Waals surface area contributed by atoms with Crippen molar-refractivity contribution in [3.8, 4) is 11.5 Å². The summed E-state index contributed by atoms with van der Waals surface area (Å²) in [4.78, 5) is 10.9. The van der Waals surface area contributed by atoms with Crippen LogP contribution in [0.4, 0.5) is 0 Å². The van der Waals surface area contributed by atoms with Gasteiger partial charge in [0.15, 0.2) is 0 Å². The molecule has 0 spiro atoms. The number of carbonyl (C=O) groups is 1. The molecule has 0 aliphatic rings. The average Bonchev–Trinajstić information content (AvgIpc) is 2.54. The minimum absolute atomic E-state index is 0.251. The van der Waals surface area contributed by atoms with E-state index in [1.807, 2.05) is 36.4 Å². The van der Waals surface area contributed by atoms with E-state index in [9.17, 15) is 4.79 Å². The molecule has 1 atom stereocenters. The lowest BCUT2D eigenvalue weighted by Gasteiger charge is -2.14. The first-order valence-corrected chi connectivity index (χ1v) is 7.82. The predicted molar refractivity (Wildman–Crippen MR) is 90.8 cm³/mol. The molecule has 0 fully saturated rings. The minimum atomic E-state index is -1.02. The molecule has 23 heavy (non-hydrogen) atoms. The van der Waals surface area contributed by atoms with E-state index in [1.54, 1.807) is 13.2 Å². The van der Waals surface area contributed by atoms with Crippen LogP contribution in [0.5, 0.6) is 11.5 Å². The smallest absolute Gasteiger partial charge is 0.320 e. The first-order valence-electron chi connectivity index (χ1n) is 7.02. The SMILES string of the molecule is COc1ccc(CC(N)C(=O)O)cc1COc1ccccc1Br. The van der Waals surface area contributed by atoms with Gasteiger partial charge in [0.2, 0.25) is 0 Å². The number of carboxylic acids is 1. The molecule has 3 N–H and O–H groups in total. The van der Waals surface area contributed by atoms with Crippen molar-refractivity contribution in [2.75, 3.05) is 7.11 Å². The van der Waals surface area contributed by atoms with E-state index in [-0.39, 0.29) is 6.42 Å². The Bertz CT molecular complexity index is 690. The molecule has 0 aliphatic carbocycles. The van der Waals surface area contributed by atoms with Crippen molar-refractivity contribution in [2.24, 2.45) is 5.73 Å². The number of hydrogen-bond acceptors (Lipinski definition) is 4. The van der Waals surface area contributed by atoms with Gasteiger partial charge in [0.05, 0.1) is 11.6 Å². The lowest BCUT2D eigenvalue weighted by Crippen LogP contribution is -2.32. The Hall–Kier alpha value is -2.05. The molecule has 0 radical (unpaired) electrons. The van der Waals surface area contributed by atoms with Gasteiger partial charge in [0, 0.05) is 5.56 Å². The van der Waals surface area contributed by atoms with Gasteiger partial charge in [-0.2, -0.15) is 0 Å². The molecule has 0 heterocycles. The van der Waals surface area contributed by atoms with Crippen molar-refractivity contribution in [3.05, 3.63) is 58.1 Å². The summed E-state index contributed by atoms with van der Waals surface area (Å²) < 4.78 is 12.0. The van der Waals surface area contributed by atoms with Crippen molar-refractivity contribution in [3.63, 3.8) is 0 Å². The molecule has 0 bridgehead atoms. The Morgan fingerprint density at radius 3 is 2.65 bits per heavy atom. The highest BCUT2D eigenvalue weighted by molar-refractivity contribution is 9.10. The van der Waals surface area contributed by atoms with Crippen LogP contribution in [-0.2, 0) is 17.8 Å². The summed E-state index contributed by atoms with van der Waals surface area (Å²) >= 11 is 3.43. The van der Waals surface area contributed by atoms with E-state index in [1.165, 1.54) is 0 Å². The van der Waals surface area contributed by atoms with Crippen LogP contribution in [0.25, 0.3) is 0 Å². The van der Waals surface area contributed by atoms with E-state index in [4.69, 9.17) is 20.3 Å². The van der Waals surface area contributed by atoms with E-state index in [2.05, 4.69) is 15.9 Å². The summed E-state index contributed by atoms with van der Waals surface area (Å²) in [6, 6.07) is 12.1. The summed E-state index contributed by atoms with van der Waals surface area (Å²) in [6.07, 6.45) is 0.251. The van der Waals surface area contributed by atoms with Gasteiger partial charge in [-0.25, -0.2) is 0 Å². The van der Waals surface area contributed by atoms with Crippen molar-refractivity contribution in [1.82, 2.24) is 0 Å². The summed E-state index contributed by atoms with van der Waals surface area (Å²) in [6.45, 7) is 0.307. The summed E-state index contributed by atoms with van der Waals surface area (Å²) in [5.41, 5.74) is 7.24. The molecule has 0 saturated heterocycles. The number of rotatable bonds is 7. The van der Waals surface area contributed by atoms with Gasteiger partial charge in [0.1, 0.15) is 24.1 Å². The molecular formula is C17H18BrNO4. The van der Waals surface area contributed by atoms with E-state index in [0.717, 1.165) is 21.3 Å². The van der Waals surface area contributed by atoms with E-state index >= 15 is 0 Å². The molecule has 0 saturated carbocycles. The van der Waals surface area contributed by atoms with Crippen molar-refractivity contribution >= 4 is 21.9 Å². The number of methoxy groups -OCH3 is 1. The quantitative estimate of drug-likeness (QED) is 0.772. The maximum atomic E-state index is 10.9. The fraction of sp³-hybridized carbons (Fsp3) is 0.235. The molecule has 5 nitrogen and oxygen atoms in total. The standard InChI is InChI=1S/C17H18BrNO4/c1-22-15-7-6-11(9-14(19)17(20)21)8-12(15)10-23-16-5-3-2-4-13(16)18/h2-8,14H,9-10,19H2,1H3,(H,20,21). The van der Waals surface area contributed by atoms with Crippen LogP contribution in [0.2, 0.25) is 0 Å². The van der Waals surface area contributed by atoms with Crippen molar-refractivity contribution in [1.29, 1.82) is 0 Å². The second-order valence-corrected chi connectivity index (χ2v) is 5.87. The van der Waals surface area contributed by atoms with Gasteiger partial charge in [-0.1, -0.05) is 18.2 Å². The Morgan fingerprint density at radius 2 is 2.00 bits per heavy atom. The first-order chi connectivity index (χ1) is 11.0. The second kappa shape index (κ2) is 7.99. The fourth-order valence-electron chi connectivity index (χ4n) is 2.13. The van der Waals surface area contributed by atoms with Gasteiger partial charge >= 0.3 is 5.97 Å². The third-order valence-electron chi connectivity index (χ3n) is 3.34. The monoisotopic (exact) mass is 379 g/mol. The Labute approximate surface area is 143 Å². The maximum absolute atomic E-state index is 10.9. The van der Waals surface area contributed by atoms with E-state index in [0.29, 0.717) is 12.4 Å². The molecule has 0 aliphatic heterocycles. The number of ether oxygens (including phenoxy) is 2. The number of benzene rings is 2. The molecule has 0 amide bonds. The minimum Gasteiger partial charge on any atom is -0.496 e. The van der Waals surface area contributed by atoms with Crippen molar-refractivity contribution in [2.45, 2.75) is 19.1 Å². The number of halogens is 1. The van der Waals surface area contributed by atoms with Crippen LogP contribution in [-0.4, -0.2) is 24.2 Å². The third kappa shape index (κ3) is 4.71. The maximum Gasteiger partial charge on any atom is 0.320 e. The Balaban J connectivity index is 2.15. The predicted octanol–water partition coefficient (Wildman–Crippen LogP) is 2.99. The summed E-state index contributed by atoms with van der Waals surface area (Å²) in [5, 5.41) is 8.92. The van der Waals surface area contributed by atoms with Gasteiger partial charge in [-0.15, -0.1) is 0 Å². The van der Waals surface area contributed by atoms with Crippen LogP contribution < -0.4 is 15.2 Å². The molecule has 122 valence electrons. The lowest BCUT2D eigenvalue weighted by atomic mass is 10.0.